The lowest BCUT2D eigenvalue weighted by atomic mass is 10.1. The van der Waals surface area contributed by atoms with E-state index in [1.165, 1.54) is 0 Å². The standard InChI is InChI=1S/C22H32N6OS/c1-5-11-27-20(18-9-7-6-8-10-18)24-28(21(27)30)17-26-14-12-25(13-15-26)16-19(29)23-22(2,3)4/h5-10H,1,11-17H2,2-4H3,(H,23,29). The predicted molar refractivity (Wildman–Crippen MR) is 123 cm³/mol. The van der Waals surface area contributed by atoms with Crippen molar-refractivity contribution in [2.45, 2.75) is 39.5 Å². The number of nitrogens with zero attached hydrogens (tertiary/aromatic N) is 5. The summed E-state index contributed by atoms with van der Waals surface area (Å²) in [6, 6.07) is 10.1. The number of amides is 1. The molecule has 162 valence electrons. The molecule has 3 rings (SSSR count). The summed E-state index contributed by atoms with van der Waals surface area (Å²) >= 11 is 5.70. The lowest BCUT2D eigenvalue weighted by molar-refractivity contribution is -0.124. The molecule has 0 spiro atoms. The third kappa shape index (κ3) is 5.87. The molecule has 0 aliphatic carbocycles. The molecule has 1 aromatic heterocycles. The van der Waals surface area contributed by atoms with Gasteiger partial charge in [-0.15, -0.1) is 6.58 Å². The normalized spacial score (nSPS) is 15.8. The van der Waals surface area contributed by atoms with Gasteiger partial charge in [-0.2, -0.15) is 5.10 Å². The van der Waals surface area contributed by atoms with E-state index in [9.17, 15) is 4.79 Å². The summed E-state index contributed by atoms with van der Waals surface area (Å²) in [7, 11) is 0. The van der Waals surface area contributed by atoms with Crippen LogP contribution in [0.15, 0.2) is 43.0 Å². The van der Waals surface area contributed by atoms with E-state index in [1.807, 2.05) is 66.4 Å². The average molecular weight is 429 g/mol. The zero-order valence-corrected chi connectivity index (χ0v) is 19.0. The highest BCUT2D eigenvalue weighted by Crippen LogP contribution is 2.18. The second-order valence-electron chi connectivity index (χ2n) is 8.70. The van der Waals surface area contributed by atoms with Gasteiger partial charge in [0, 0.05) is 43.8 Å². The van der Waals surface area contributed by atoms with Crippen LogP contribution in [0.4, 0.5) is 0 Å². The zero-order valence-electron chi connectivity index (χ0n) is 18.2. The Morgan fingerprint density at radius 3 is 2.40 bits per heavy atom. The van der Waals surface area contributed by atoms with Crippen LogP contribution in [0.3, 0.4) is 0 Å². The van der Waals surface area contributed by atoms with Crippen molar-refractivity contribution in [3.05, 3.63) is 47.8 Å². The summed E-state index contributed by atoms with van der Waals surface area (Å²) < 4.78 is 4.61. The molecule has 30 heavy (non-hydrogen) atoms. The van der Waals surface area contributed by atoms with Gasteiger partial charge in [0.05, 0.1) is 13.2 Å². The summed E-state index contributed by atoms with van der Waals surface area (Å²) in [6.07, 6.45) is 1.84. The Balaban J connectivity index is 1.63. The van der Waals surface area contributed by atoms with Gasteiger partial charge in [0.2, 0.25) is 5.91 Å². The molecule has 1 aromatic carbocycles. The van der Waals surface area contributed by atoms with Crippen molar-refractivity contribution < 1.29 is 4.79 Å². The van der Waals surface area contributed by atoms with E-state index in [2.05, 4.69) is 21.7 Å². The molecule has 0 radical (unpaired) electrons. The van der Waals surface area contributed by atoms with E-state index < -0.39 is 0 Å². The third-order valence-corrected chi connectivity index (χ3v) is 5.38. The SMILES string of the molecule is C=CCn1c(-c2ccccc2)nn(CN2CCN(CC(=O)NC(C)(C)C)CC2)c1=S. The molecule has 0 bridgehead atoms. The van der Waals surface area contributed by atoms with Crippen LogP contribution in [0.25, 0.3) is 11.4 Å². The smallest absolute Gasteiger partial charge is 0.234 e. The molecule has 0 saturated carbocycles. The van der Waals surface area contributed by atoms with Gasteiger partial charge in [-0.05, 0) is 33.0 Å². The van der Waals surface area contributed by atoms with Crippen molar-refractivity contribution in [2.24, 2.45) is 0 Å². The molecule has 1 aliphatic heterocycles. The quantitative estimate of drug-likeness (QED) is 0.543. The molecule has 2 aromatic rings. The first-order valence-corrected chi connectivity index (χ1v) is 10.8. The fourth-order valence-corrected chi connectivity index (χ4v) is 3.83. The van der Waals surface area contributed by atoms with Crippen LogP contribution in [0.5, 0.6) is 0 Å². The molecule has 2 heterocycles. The second-order valence-corrected chi connectivity index (χ2v) is 9.07. The van der Waals surface area contributed by atoms with Crippen molar-refractivity contribution in [3.8, 4) is 11.4 Å². The Bertz CT molecular complexity index is 919. The molecule has 1 amide bonds. The van der Waals surface area contributed by atoms with E-state index in [0.717, 1.165) is 37.6 Å². The fourth-order valence-electron chi connectivity index (χ4n) is 3.57. The maximum absolute atomic E-state index is 12.2. The molecule has 1 N–H and O–H groups in total. The maximum Gasteiger partial charge on any atom is 0.234 e. The average Bonchev–Trinajstić information content (AvgIpc) is 2.99. The molecular weight excluding hydrogens is 396 g/mol. The second kappa shape index (κ2) is 9.68. The minimum Gasteiger partial charge on any atom is -0.350 e. The summed E-state index contributed by atoms with van der Waals surface area (Å²) in [5.74, 6) is 0.937. The van der Waals surface area contributed by atoms with Gasteiger partial charge in [0.1, 0.15) is 0 Å². The maximum atomic E-state index is 12.2. The van der Waals surface area contributed by atoms with Crippen LogP contribution in [0.2, 0.25) is 0 Å². The number of aromatic nitrogens is 3. The highest BCUT2D eigenvalue weighted by atomic mass is 32.1. The number of hydrogen-bond acceptors (Lipinski definition) is 5. The number of hydrogen-bond donors (Lipinski definition) is 1. The monoisotopic (exact) mass is 428 g/mol. The number of carbonyl (C=O) groups excluding carboxylic acids is 1. The summed E-state index contributed by atoms with van der Waals surface area (Å²) in [5.41, 5.74) is 0.842. The lowest BCUT2D eigenvalue weighted by Crippen LogP contribution is -2.51. The molecule has 1 aliphatic rings. The summed E-state index contributed by atoms with van der Waals surface area (Å²) in [4.78, 5) is 16.7. The van der Waals surface area contributed by atoms with Crippen molar-refractivity contribution in [3.63, 3.8) is 0 Å². The van der Waals surface area contributed by atoms with Crippen LogP contribution in [-0.2, 0) is 18.0 Å². The summed E-state index contributed by atoms with van der Waals surface area (Å²) in [6.45, 7) is 15.0. The van der Waals surface area contributed by atoms with E-state index in [1.54, 1.807) is 0 Å². The van der Waals surface area contributed by atoms with E-state index in [4.69, 9.17) is 17.3 Å². The van der Waals surface area contributed by atoms with Gasteiger partial charge >= 0.3 is 0 Å². The molecule has 1 saturated heterocycles. The van der Waals surface area contributed by atoms with Crippen LogP contribution < -0.4 is 5.32 Å². The Morgan fingerprint density at radius 2 is 1.80 bits per heavy atom. The molecule has 0 atom stereocenters. The van der Waals surface area contributed by atoms with Gasteiger partial charge in [-0.3, -0.25) is 19.2 Å². The first kappa shape index (κ1) is 22.4. The van der Waals surface area contributed by atoms with Crippen molar-refractivity contribution >= 4 is 18.1 Å². The molecule has 0 unspecified atom stereocenters. The number of carbonyl (C=O) groups is 1. The van der Waals surface area contributed by atoms with E-state index in [0.29, 0.717) is 24.5 Å². The highest BCUT2D eigenvalue weighted by molar-refractivity contribution is 7.71. The van der Waals surface area contributed by atoms with E-state index >= 15 is 0 Å². The topological polar surface area (TPSA) is 58.3 Å². The van der Waals surface area contributed by atoms with Gasteiger partial charge in [-0.25, -0.2) is 4.68 Å². The van der Waals surface area contributed by atoms with Crippen molar-refractivity contribution in [2.75, 3.05) is 32.7 Å². The van der Waals surface area contributed by atoms with Crippen LogP contribution >= 0.6 is 12.2 Å². The number of nitrogens with one attached hydrogen (secondary N) is 1. The van der Waals surface area contributed by atoms with Gasteiger partial charge < -0.3 is 5.32 Å². The Morgan fingerprint density at radius 1 is 1.17 bits per heavy atom. The largest absolute Gasteiger partial charge is 0.350 e. The fraction of sp³-hybridized carbons (Fsp3) is 0.500. The minimum atomic E-state index is -0.198. The van der Waals surface area contributed by atoms with Gasteiger partial charge in [0.15, 0.2) is 10.6 Å². The molecular formula is C22H32N6OS. The lowest BCUT2D eigenvalue weighted by Gasteiger charge is -2.34. The van der Waals surface area contributed by atoms with Crippen molar-refractivity contribution in [1.29, 1.82) is 0 Å². The van der Waals surface area contributed by atoms with Crippen LogP contribution in [0, 0.1) is 4.77 Å². The van der Waals surface area contributed by atoms with Crippen LogP contribution in [-0.4, -0.2) is 68.3 Å². The first-order chi connectivity index (χ1) is 14.3. The Labute approximate surface area is 184 Å². The van der Waals surface area contributed by atoms with Crippen LogP contribution in [0.1, 0.15) is 20.8 Å². The highest BCUT2D eigenvalue weighted by Gasteiger charge is 2.22. The summed E-state index contributed by atoms with van der Waals surface area (Å²) in [5, 5.41) is 7.84. The number of piperazine rings is 1. The Kier molecular flexibility index (Phi) is 7.23. The number of rotatable bonds is 7. The molecule has 8 heteroatoms. The number of allylic oxidation sites excluding steroid dienone is 1. The number of benzene rings is 1. The predicted octanol–water partition coefficient (Wildman–Crippen LogP) is 2.76. The molecule has 1 fully saturated rings. The first-order valence-electron chi connectivity index (χ1n) is 10.4. The van der Waals surface area contributed by atoms with Gasteiger partial charge in [0.25, 0.3) is 0 Å². The zero-order chi connectivity index (χ0) is 21.7. The Hall–Kier alpha value is -2.29. The van der Waals surface area contributed by atoms with Gasteiger partial charge in [-0.1, -0.05) is 36.4 Å². The van der Waals surface area contributed by atoms with E-state index in [-0.39, 0.29) is 11.4 Å². The minimum absolute atomic E-state index is 0.0776. The third-order valence-electron chi connectivity index (χ3n) is 4.95. The van der Waals surface area contributed by atoms with Crippen molar-refractivity contribution in [1.82, 2.24) is 29.5 Å². The molecule has 7 nitrogen and oxygen atoms in total.